The lowest BCUT2D eigenvalue weighted by Gasteiger charge is -2.38. The summed E-state index contributed by atoms with van der Waals surface area (Å²) in [7, 11) is 0.259. The molecule has 2 unspecified atom stereocenters. The molecule has 0 saturated carbocycles. The monoisotopic (exact) mass is 291 g/mol. The molecule has 1 N–H and O–H groups in total. The van der Waals surface area contributed by atoms with Gasteiger partial charge in [0, 0.05) is 32.2 Å². The van der Waals surface area contributed by atoms with E-state index in [1.54, 1.807) is 15.7 Å². The number of hydrogen-bond acceptors (Lipinski definition) is 3. The summed E-state index contributed by atoms with van der Waals surface area (Å²) in [4.78, 5) is 0. The fourth-order valence-corrected chi connectivity index (χ4v) is 4.52. The fourth-order valence-electron chi connectivity index (χ4n) is 2.71. The number of piperidine rings is 1. The molecule has 0 aromatic rings. The molecule has 0 radical (unpaired) electrons. The molecule has 0 bridgehead atoms. The average Bonchev–Trinajstić information content (AvgIpc) is 2.39. The largest absolute Gasteiger partial charge is 0.318 e. The van der Waals surface area contributed by atoms with Gasteiger partial charge in [0.1, 0.15) is 0 Å². The Morgan fingerprint density at radius 2 is 2.11 bits per heavy atom. The Morgan fingerprint density at radius 3 is 2.68 bits per heavy atom. The summed E-state index contributed by atoms with van der Waals surface area (Å²) >= 11 is 0. The van der Waals surface area contributed by atoms with Crippen molar-refractivity contribution in [2.45, 2.75) is 58.0 Å². The highest BCUT2D eigenvalue weighted by Crippen LogP contribution is 2.23. The minimum absolute atomic E-state index is 0.0622. The quantitative estimate of drug-likeness (QED) is 0.772. The Bertz CT molecular complexity index is 357. The van der Waals surface area contributed by atoms with E-state index in [0.717, 1.165) is 38.6 Å². The average molecular weight is 291 g/mol. The van der Waals surface area contributed by atoms with E-state index in [0.29, 0.717) is 6.54 Å². The summed E-state index contributed by atoms with van der Waals surface area (Å²) in [5, 5.41) is 3.11. The molecule has 1 fully saturated rings. The van der Waals surface area contributed by atoms with Gasteiger partial charge in [-0.15, -0.1) is 0 Å². The van der Waals surface area contributed by atoms with Crippen molar-refractivity contribution in [2.75, 3.05) is 27.2 Å². The van der Waals surface area contributed by atoms with Crippen LogP contribution in [0.5, 0.6) is 0 Å². The second kappa shape index (κ2) is 7.57. The smallest absolute Gasteiger partial charge is 0.282 e. The number of rotatable bonds is 7. The van der Waals surface area contributed by atoms with Crippen LogP contribution in [0.3, 0.4) is 0 Å². The van der Waals surface area contributed by atoms with Crippen molar-refractivity contribution in [3.8, 4) is 0 Å². The van der Waals surface area contributed by atoms with Crippen molar-refractivity contribution in [1.82, 2.24) is 13.9 Å². The van der Waals surface area contributed by atoms with Crippen molar-refractivity contribution >= 4 is 10.2 Å². The van der Waals surface area contributed by atoms with Crippen LogP contribution in [0.1, 0.15) is 46.0 Å². The van der Waals surface area contributed by atoms with Gasteiger partial charge >= 0.3 is 0 Å². The molecule has 1 rings (SSSR count). The zero-order chi connectivity index (χ0) is 14.5. The van der Waals surface area contributed by atoms with E-state index in [2.05, 4.69) is 12.2 Å². The first-order valence-electron chi connectivity index (χ1n) is 7.34. The lowest BCUT2D eigenvalue weighted by atomic mass is 10.1. The van der Waals surface area contributed by atoms with Crippen molar-refractivity contribution in [3.63, 3.8) is 0 Å². The third kappa shape index (κ3) is 4.15. The number of hydrogen-bond donors (Lipinski definition) is 1. The van der Waals surface area contributed by atoms with E-state index in [-0.39, 0.29) is 12.1 Å². The Labute approximate surface area is 118 Å². The molecule has 5 nitrogen and oxygen atoms in total. The van der Waals surface area contributed by atoms with E-state index < -0.39 is 10.2 Å². The molecular weight excluding hydrogens is 262 g/mol. The lowest BCUT2D eigenvalue weighted by molar-refractivity contribution is 0.224. The van der Waals surface area contributed by atoms with Crippen LogP contribution in [-0.4, -0.2) is 56.3 Å². The van der Waals surface area contributed by atoms with Crippen molar-refractivity contribution in [2.24, 2.45) is 0 Å². The molecule has 0 aromatic heterocycles. The second-order valence-corrected chi connectivity index (χ2v) is 7.42. The van der Waals surface area contributed by atoms with Gasteiger partial charge in [-0.1, -0.05) is 19.8 Å². The van der Waals surface area contributed by atoms with Crippen molar-refractivity contribution < 1.29 is 8.42 Å². The minimum Gasteiger partial charge on any atom is -0.318 e. The highest BCUT2D eigenvalue weighted by atomic mass is 32.2. The van der Waals surface area contributed by atoms with Crippen molar-refractivity contribution in [3.05, 3.63) is 0 Å². The molecule has 19 heavy (non-hydrogen) atoms. The van der Waals surface area contributed by atoms with E-state index in [4.69, 9.17) is 0 Å². The SMILES string of the molecule is CCCC(C)N(C)S(=O)(=O)N1CCCCC1CNC. The molecule has 2 atom stereocenters. The first-order chi connectivity index (χ1) is 8.95. The molecule has 1 aliphatic heterocycles. The molecule has 114 valence electrons. The number of likely N-dealkylation sites (N-methyl/N-ethyl adjacent to an activating group) is 1. The summed E-state index contributed by atoms with van der Waals surface area (Å²) in [6, 6.07) is 0.159. The Morgan fingerprint density at radius 1 is 1.42 bits per heavy atom. The zero-order valence-electron chi connectivity index (χ0n) is 12.7. The van der Waals surface area contributed by atoms with Crippen LogP contribution in [0.4, 0.5) is 0 Å². The summed E-state index contributed by atoms with van der Waals surface area (Å²) in [5.74, 6) is 0. The van der Waals surface area contributed by atoms with Crippen LogP contribution < -0.4 is 5.32 Å². The van der Waals surface area contributed by atoms with Gasteiger partial charge < -0.3 is 5.32 Å². The first kappa shape index (κ1) is 16.9. The van der Waals surface area contributed by atoms with E-state index in [1.165, 1.54) is 0 Å². The Hall–Kier alpha value is -0.170. The Balaban J connectivity index is 2.83. The Kier molecular flexibility index (Phi) is 6.73. The van der Waals surface area contributed by atoms with E-state index in [1.807, 2.05) is 14.0 Å². The molecule has 0 aromatic carbocycles. The summed E-state index contributed by atoms with van der Waals surface area (Å²) in [6.45, 7) is 5.45. The van der Waals surface area contributed by atoms with Gasteiger partial charge in [-0.3, -0.25) is 0 Å². The summed E-state index contributed by atoms with van der Waals surface area (Å²) in [6.07, 6.45) is 4.94. The highest BCUT2D eigenvalue weighted by molar-refractivity contribution is 7.86. The zero-order valence-corrected chi connectivity index (χ0v) is 13.5. The third-order valence-corrected chi connectivity index (χ3v) is 6.16. The van der Waals surface area contributed by atoms with Crippen LogP contribution in [0.25, 0.3) is 0 Å². The molecule has 1 saturated heterocycles. The first-order valence-corrected chi connectivity index (χ1v) is 8.74. The van der Waals surface area contributed by atoms with Gasteiger partial charge in [0.2, 0.25) is 0 Å². The van der Waals surface area contributed by atoms with Crippen LogP contribution in [0.2, 0.25) is 0 Å². The highest BCUT2D eigenvalue weighted by Gasteiger charge is 2.36. The maximum Gasteiger partial charge on any atom is 0.282 e. The molecule has 0 aliphatic carbocycles. The van der Waals surface area contributed by atoms with Gasteiger partial charge in [-0.05, 0) is 33.2 Å². The second-order valence-electron chi connectivity index (χ2n) is 5.48. The fraction of sp³-hybridized carbons (Fsp3) is 1.00. The topological polar surface area (TPSA) is 52.7 Å². The van der Waals surface area contributed by atoms with Crippen LogP contribution in [-0.2, 0) is 10.2 Å². The van der Waals surface area contributed by atoms with Crippen molar-refractivity contribution in [1.29, 1.82) is 0 Å². The lowest BCUT2D eigenvalue weighted by Crippen LogP contribution is -2.54. The molecular formula is C13H29N3O2S. The molecule has 1 heterocycles. The predicted octanol–water partition coefficient (Wildman–Crippen LogP) is 1.43. The van der Waals surface area contributed by atoms with E-state index in [9.17, 15) is 8.42 Å². The summed E-state index contributed by atoms with van der Waals surface area (Å²) in [5.41, 5.74) is 0. The van der Waals surface area contributed by atoms with Gasteiger partial charge in [-0.25, -0.2) is 0 Å². The molecule has 6 heteroatoms. The molecule has 0 spiro atoms. The van der Waals surface area contributed by atoms with Crippen LogP contribution in [0, 0.1) is 0 Å². The normalized spacial score (nSPS) is 23.7. The maximum atomic E-state index is 12.7. The van der Waals surface area contributed by atoms with Crippen LogP contribution in [0.15, 0.2) is 0 Å². The van der Waals surface area contributed by atoms with Gasteiger partial charge in [0.25, 0.3) is 10.2 Å². The standard InChI is InChI=1S/C13H29N3O2S/c1-5-8-12(2)15(4)19(17,18)16-10-7-6-9-13(16)11-14-3/h12-14H,5-11H2,1-4H3. The van der Waals surface area contributed by atoms with Gasteiger partial charge in [0.05, 0.1) is 0 Å². The van der Waals surface area contributed by atoms with Gasteiger partial charge in [0.15, 0.2) is 0 Å². The van der Waals surface area contributed by atoms with Gasteiger partial charge in [-0.2, -0.15) is 17.0 Å². The minimum atomic E-state index is -3.33. The van der Waals surface area contributed by atoms with Crippen LogP contribution >= 0.6 is 0 Å². The molecule has 0 amide bonds. The van der Waals surface area contributed by atoms with E-state index >= 15 is 0 Å². The number of nitrogens with zero attached hydrogens (tertiary/aromatic N) is 2. The summed E-state index contributed by atoms with van der Waals surface area (Å²) < 4.78 is 28.7. The maximum absolute atomic E-state index is 12.7. The number of nitrogens with one attached hydrogen (secondary N) is 1. The predicted molar refractivity (Wildman–Crippen MR) is 79.3 cm³/mol. The molecule has 1 aliphatic rings. The third-order valence-electron chi connectivity index (χ3n) is 4.00.